The van der Waals surface area contributed by atoms with Crippen LogP contribution < -0.4 is 5.32 Å². The lowest BCUT2D eigenvalue weighted by atomic mass is 10.1. The van der Waals surface area contributed by atoms with Crippen LogP contribution in [0.3, 0.4) is 0 Å². The van der Waals surface area contributed by atoms with Gasteiger partial charge < -0.3 is 5.32 Å². The van der Waals surface area contributed by atoms with E-state index in [2.05, 4.69) is 26.1 Å². The van der Waals surface area contributed by atoms with Crippen molar-refractivity contribution in [1.82, 2.24) is 5.32 Å². The summed E-state index contributed by atoms with van der Waals surface area (Å²) in [6, 6.07) is 0.382. The van der Waals surface area contributed by atoms with E-state index in [1.807, 2.05) is 0 Å². The maximum absolute atomic E-state index is 11.1. The molecule has 0 aromatic carbocycles. The average Bonchev–Trinajstić information content (AvgIpc) is 2.04. The minimum Gasteiger partial charge on any atom is -0.313 e. The van der Waals surface area contributed by atoms with Gasteiger partial charge in [-0.2, -0.15) is 0 Å². The van der Waals surface area contributed by atoms with Crippen LogP contribution in [0.2, 0.25) is 0 Å². The minimum absolute atomic E-state index is 0.241. The molecule has 0 aliphatic rings. The Labute approximate surface area is 81.8 Å². The molecule has 0 spiro atoms. The van der Waals surface area contributed by atoms with Gasteiger partial charge in [-0.25, -0.2) is 8.42 Å². The first-order valence-corrected chi connectivity index (χ1v) is 6.65. The number of hydrogen-bond acceptors (Lipinski definition) is 3. The predicted octanol–water partition coefficient (Wildman–Crippen LogP) is 1.06. The van der Waals surface area contributed by atoms with Crippen molar-refractivity contribution in [3.05, 3.63) is 0 Å². The van der Waals surface area contributed by atoms with Gasteiger partial charge in [-0.3, -0.25) is 0 Å². The molecule has 0 saturated heterocycles. The summed E-state index contributed by atoms with van der Waals surface area (Å²) in [5.41, 5.74) is 0. The molecule has 0 aromatic heterocycles. The zero-order chi connectivity index (χ0) is 10.5. The number of rotatable bonds is 6. The van der Waals surface area contributed by atoms with Gasteiger partial charge in [0.15, 0.2) is 9.84 Å². The molecule has 0 amide bonds. The van der Waals surface area contributed by atoms with Crippen molar-refractivity contribution < 1.29 is 8.42 Å². The topological polar surface area (TPSA) is 46.2 Å². The third-order valence-electron chi connectivity index (χ3n) is 2.32. The summed E-state index contributed by atoms with van der Waals surface area (Å²) in [6.45, 7) is 8.55. The highest BCUT2D eigenvalue weighted by Crippen LogP contribution is 1.99. The minimum atomic E-state index is -2.80. The highest BCUT2D eigenvalue weighted by molar-refractivity contribution is 7.91. The number of nitrogens with one attached hydrogen (secondary N) is 1. The molecule has 80 valence electrons. The molecular formula is C9H21NO2S. The van der Waals surface area contributed by atoms with E-state index in [9.17, 15) is 8.42 Å². The second-order valence-electron chi connectivity index (χ2n) is 3.72. The van der Waals surface area contributed by atoms with Gasteiger partial charge in [0.05, 0.1) is 5.75 Å². The zero-order valence-electron chi connectivity index (χ0n) is 9.00. The Balaban J connectivity index is 3.69. The maximum Gasteiger partial charge on any atom is 0.151 e. The van der Waals surface area contributed by atoms with E-state index in [0.29, 0.717) is 18.5 Å². The Morgan fingerprint density at radius 2 is 1.77 bits per heavy atom. The second kappa shape index (κ2) is 5.60. The van der Waals surface area contributed by atoms with Crippen LogP contribution in [-0.4, -0.2) is 32.5 Å². The van der Waals surface area contributed by atoms with Gasteiger partial charge in [-0.15, -0.1) is 0 Å². The Hall–Kier alpha value is -0.0900. The zero-order valence-corrected chi connectivity index (χ0v) is 9.82. The Kier molecular flexibility index (Phi) is 5.56. The summed E-state index contributed by atoms with van der Waals surface area (Å²) in [5.74, 6) is 1.04. The Bertz CT molecular complexity index is 222. The fourth-order valence-electron chi connectivity index (χ4n) is 0.822. The maximum atomic E-state index is 11.1. The molecule has 13 heavy (non-hydrogen) atoms. The summed E-state index contributed by atoms with van der Waals surface area (Å²) in [7, 11) is -2.80. The van der Waals surface area contributed by atoms with Gasteiger partial charge in [0, 0.05) is 18.3 Å². The Morgan fingerprint density at radius 1 is 1.23 bits per heavy atom. The van der Waals surface area contributed by atoms with Gasteiger partial charge in [0.1, 0.15) is 0 Å². The molecular weight excluding hydrogens is 186 g/mol. The lowest BCUT2D eigenvalue weighted by Crippen LogP contribution is -2.34. The molecule has 0 rings (SSSR count). The van der Waals surface area contributed by atoms with Crippen molar-refractivity contribution in [1.29, 1.82) is 0 Å². The first-order chi connectivity index (χ1) is 5.89. The van der Waals surface area contributed by atoms with Crippen LogP contribution in [0.5, 0.6) is 0 Å². The monoisotopic (exact) mass is 207 g/mol. The van der Waals surface area contributed by atoms with Gasteiger partial charge in [-0.1, -0.05) is 20.8 Å². The number of sulfone groups is 1. The molecule has 3 nitrogen and oxygen atoms in total. The summed E-state index contributed by atoms with van der Waals surface area (Å²) in [6.07, 6.45) is 0. The fraction of sp³-hybridized carbons (Fsp3) is 1.00. The molecule has 0 fully saturated rings. The molecule has 1 atom stereocenters. The fourth-order valence-corrected chi connectivity index (χ4v) is 1.54. The normalized spacial score (nSPS) is 14.8. The van der Waals surface area contributed by atoms with Crippen molar-refractivity contribution in [2.24, 2.45) is 5.92 Å². The van der Waals surface area contributed by atoms with Crippen molar-refractivity contribution in [3.63, 3.8) is 0 Å². The van der Waals surface area contributed by atoms with E-state index in [1.54, 1.807) is 6.92 Å². The lowest BCUT2D eigenvalue weighted by molar-refractivity contribution is 0.437. The van der Waals surface area contributed by atoms with Gasteiger partial charge >= 0.3 is 0 Å². The van der Waals surface area contributed by atoms with Crippen molar-refractivity contribution in [2.45, 2.75) is 33.7 Å². The van der Waals surface area contributed by atoms with Crippen LogP contribution in [0.4, 0.5) is 0 Å². The summed E-state index contributed by atoms with van der Waals surface area (Å²) >= 11 is 0. The third-order valence-corrected chi connectivity index (χ3v) is 4.02. The molecule has 0 aliphatic heterocycles. The first-order valence-electron chi connectivity index (χ1n) is 4.83. The van der Waals surface area contributed by atoms with E-state index >= 15 is 0 Å². The molecule has 0 bridgehead atoms. The molecule has 0 aromatic rings. The quantitative estimate of drug-likeness (QED) is 0.708. The molecule has 4 heteroatoms. The van der Waals surface area contributed by atoms with Crippen molar-refractivity contribution >= 4 is 9.84 Å². The van der Waals surface area contributed by atoms with E-state index < -0.39 is 9.84 Å². The van der Waals surface area contributed by atoms with Gasteiger partial charge in [0.2, 0.25) is 0 Å². The highest BCUT2D eigenvalue weighted by atomic mass is 32.2. The van der Waals surface area contributed by atoms with Crippen LogP contribution in [0.25, 0.3) is 0 Å². The third kappa shape index (κ3) is 6.05. The van der Waals surface area contributed by atoms with Crippen LogP contribution in [0.1, 0.15) is 27.7 Å². The van der Waals surface area contributed by atoms with E-state index in [4.69, 9.17) is 0 Å². The molecule has 1 unspecified atom stereocenters. The van der Waals surface area contributed by atoms with Gasteiger partial charge in [-0.05, 0) is 12.8 Å². The van der Waals surface area contributed by atoms with Crippen LogP contribution in [0.15, 0.2) is 0 Å². The van der Waals surface area contributed by atoms with Crippen LogP contribution in [0, 0.1) is 5.92 Å². The standard InChI is InChI=1S/C9H21NO2S/c1-5-13(11,12)7-6-10-9(4)8(2)3/h8-10H,5-7H2,1-4H3. The smallest absolute Gasteiger partial charge is 0.151 e. The summed E-state index contributed by atoms with van der Waals surface area (Å²) < 4.78 is 22.2. The summed E-state index contributed by atoms with van der Waals surface area (Å²) in [5, 5.41) is 3.19. The van der Waals surface area contributed by atoms with E-state index in [1.165, 1.54) is 0 Å². The van der Waals surface area contributed by atoms with Gasteiger partial charge in [0.25, 0.3) is 0 Å². The van der Waals surface area contributed by atoms with Crippen LogP contribution >= 0.6 is 0 Å². The lowest BCUT2D eigenvalue weighted by Gasteiger charge is -2.16. The molecule has 0 saturated carbocycles. The van der Waals surface area contributed by atoms with E-state index in [-0.39, 0.29) is 11.5 Å². The summed E-state index contributed by atoms with van der Waals surface area (Å²) in [4.78, 5) is 0. The van der Waals surface area contributed by atoms with Crippen LogP contribution in [-0.2, 0) is 9.84 Å². The van der Waals surface area contributed by atoms with Crippen molar-refractivity contribution in [2.75, 3.05) is 18.1 Å². The second-order valence-corrected chi connectivity index (χ2v) is 6.20. The van der Waals surface area contributed by atoms with Crippen molar-refractivity contribution in [3.8, 4) is 0 Å². The molecule has 0 radical (unpaired) electrons. The molecule has 1 N–H and O–H groups in total. The molecule has 0 heterocycles. The average molecular weight is 207 g/mol. The predicted molar refractivity (Wildman–Crippen MR) is 56.6 cm³/mol. The largest absolute Gasteiger partial charge is 0.313 e. The van der Waals surface area contributed by atoms with E-state index in [0.717, 1.165) is 0 Å². The SMILES string of the molecule is CCS(=O)(=O)CCNC(C)C(C)C. The Morgan fingerprint density at radius 3 is 2.15 bits per heavy atom. The first kappa shape index (κ1) is 12.9. The highest BCUT2D eigenvalue weighted by Gasteiger charge is 2.09. The molecule has 0 aliphatic carbocycles. The number of hydrogen-bond donors (Lipinski definition) is 1.